The molecule has 0 amide bonds. The van der Waals surface area contributed by atoms with Crippen LogP contribution in [0.25, 0.3) is 10.8 Å². The molecule has 0 fully saturated rings. The van der Waals surface area contributed by atoms with Crippen molar-refractivity contribution >= 4 is 16.7 Å². The molecule has 0 atom stereocenters. The lowest BCUT2D eigenvalue weighted by Gasteiger charge is -2.12. The van der Waals surface area contributed by atoms with Gasteiger partial charge in [0.25, 0.3) is 5.56 Å². The summed E-state index contributed by atoms with van der Waals surface area (Å²) in [6.45, 7) is 4.51. The van der Waals surface area contributed by atoms with Gasteiger partial charge in [0.05, 0.1) is 0 Å². The monoisotopic (exact) mass is 287 g/mol. The Morgan fingerprint density at radius 3 is 2.62 bits per heavy atom. The number of fused-ring (bicyclic) bond motifs is 1. The van der Waals surface area contributed by atoms with E-state index in [1.165, 1.54) is 4.57 Å². The molecule has 0 aliphatic rings. The van der Waals surface area contributed by atoms with Crippen LogP contribution in [0.5, 0.6) is 0 Å². The second kappa shape index (κ2) is 6.57. The summed E-state index contributed by atoms with van der Waals surface area (Å²) in [5.74, 6) is -1.05. The van der Waals surface area contributed by atoms with Crippen LogP contribution < -0.4 is 5.56 Å². The number of aromatic carboxylic acids is 1. The SMILES string of the molecule is CCCCCCn1c(C(=O)O)cc2cc(C)ccc2c1=O. The Balaban J connectivity index is 2.48. The summed E-state index contributed by atoms with van der Waals surface area (Å²) in [7, 11) is 0. The van der Waals surface area contributed by atoms with Gasteiger partial charge in [-0.25, -0.2) is 4.79 Å². The Kier molecular flexibility index (Phi) is 4.78. The van der Waals surface area contributed by atoms with E-state index in [9.17, 15) is 14.7 Å². The third kappa shape index (κ3) is 3.32. The Labute approximate surface area is 124 Å². The van der Waals surface area contributed by atoms with Crippen molar-refractivity contribution in [3.8, 4) is 0 Å². The number of hydrogen-bond acceptors (Lipinski definition) is 2. The minimum absolute atomic E-state index is 0.0783. The molecule has 0 spiro atoms. The minimum atomic E-state index is -1.05. The van der Waals surface area contributed by atoms with Crippen LogP contribution in [-0.4, -0.2) is 15.6 Å². The molecular formula is C17H21NO3. The highest BCUT2D eigenvalue weighted by atomic mass is 16.4. The molecule has 0 aliphatic heterocycles. The van der Waals surface area contributed by atoms with Gasteiger partial charge in [0.2, 0.25) is 0 Å². The summed E-state index contributed by atoms with van der Waals surface area (Å²) in [5.41, 5.74) is 0.884. The number of carbonyl (C=O) groups is 1. The van der Waals surface area contributed by atoms with Crippen molar-refractivity contribution in [2.24, 2.45) is 0 Å². The maximum atomic E-state index is 12.5. The summed E-state index contributed by atoms with van der Waals surface area (Å²) < 4.78 is 1.40. The van der Waals surface area contributed by atoms with E-state index in [0.29, 0.717) is 17.3 Å². The predicted molar refractivity (Wildman–Crippen MR) is 84.0 cm³/mol. The van der Waals surface area contributed by atoms with Gasteiger partial charge in [-0.05, 0) is 30.9 Å². The van der Waals surface area contributed by atoms with Crippen molar-refractivity contribution in [1.82, 2.24) is 4.57 Å². The van der Waals surface area contributed by atoms with Crippen LogP contribution in [-0.2, 0) is 6.54 Å². The van der Waals surface area contributed by atoms with Crippen LogP contribution in [0.4, 0.5) is 0 Å². The maximum absolute atomic E-state index is 12.5. The lowest BCUT2D eigenvalue weighted by atomic mass is 10.1. The fraction of sp³-hybridized carbons (Fsp3) is 0.412. The molecule has 4 heteroatoms. The summed E-state index contributed by atoms with van der Waals surface area (Å²) in [6.07, 6.45) is 4.04. The normalized spacial score (nSPS) is 11.0. The van der Waals surface area contributed by atoms with Gasteiger partial charge in [-0.2, -0.15) is 0 Å². The summed E-state index contributed by atoms with van der Waals surface area (Å²) in [6, 6.07) is 7.11. The van der Waals surface area contributed by atoms with Crippen LogP contribution in [0.3, 0.4) is 0 Å². The molecule has 1 heterocycles. The van der Waals surface area contributed by atoms with Gasteiger partial charge in [-0.15, -0.1) is 0 Å². The van der Waals surface area contributed by atoms with Crippen molar-refractivity contribution in [1.29, 1.82) is 0 Å². The molecule has 1 aromatic heterocycles. The second-order valence-corrected chi connectivity index (χ2v) is 5.44. The highest BCUT2D eigenvalue weighted by Crippen LogP contribution is 2.15. The van der Waals surface area contributed by atoms with Crippen LogP contribution in [0, 0.1) is 6.92 Å². The molecule has 0 saturated heterocycles. The standard InChI is InChI=1S/C17H21NO3/c1-3-4-5-6-9-18-15(17(20)21)11-13-10-12(2)7-8-14(13)16(18)19/h7-8,10-11H,3-6,9H2,1-2H3,(H,20,21). The van der Waals surface area contributed by atoms with Crippen molar-refractivity contribution in [2.75, 3.05) is 0 Å². The maximum Gasteiger partial charge on any atom is 0.352 e. The zero-order valence-corrected chi connectivity index (χ0v) is 12.6. The molecule has 0 saturated carbocycles. The number of carboxylic acids is 1. The average Bonchev–Trinajstić information content (AvgIpc) is 2.44. The summed E-state index contributed by atoms with van der Waals surface area (Å²) in [5, 5.41) is 10.6. The van der Waals surface area contributed by atoms with Gasteiger partial charge in [0.1, 0.15) is 5.69 Å². The molecule has 0 aliphatic carbocycles. The zero-order valence-electron chi connectivity index (χ0n) is 12.6. The smallest absolute Gasteiger partial charge is 0.352 e. The molecule has 4 nitrogen and oxygen atoms in total. The lowest BCUT2D eigenvalue weighted by molar-refractivity contribution is 0.0683. The first-order valence-corrected chi connectivity index (χ1v) is 7.42. The molecule has 0 bridgehead atoms. The molecular weight excluding hydrogens is 266 g/mol. The Morgan fingerprint density at radius 1 is 1.19 bits per heavy atom. The molecule has 0 unspecified atom stereocenters. The van der Waals surface area contributed by atoms with E-state index in [4.69, 9.17) is 0 Å². The minimum Gasteiger partial charge on any atom is -0.477 e. The van der Waals surface area contributed by atoms with Gasteiger partial charge in [-0.1, -0.05) is 43.9 Å². The number of benzene rings is 1. The van der Waals surface area contributed by atoms with Gasteiger partial charge < -0.3 is 9.67 Å². The number of carboxylic acid groups (broad SMARTS) is 1. The van der Waals surface area contributed by atoms with E-state index in [1.54, 1.807) is 12.1 Å². The Hall–Kier alpha value is -2.10. The number of aromatic nitrogens is 1. The number of hydrogen-bond donors (Lipinski definition) is 1. The lowest BCUT2D eigenvalue weighted by Crippen LogP contribution is -2.26. The van der Waals surface area contributed by atoms with Crippen molar-refractivity contribution in [3.05, 3.63) is 45.9 Å². The van der Waals surface area contributed by atoms with Crippen LogP contribution in [0.2, 0.25) is 0 Å². The number of pyridine rings is 1. The fourth-order valence-corrected chi connectivity index (χ4v) is 2.57. The zero-order chi connectivity index (χ0) is 15.4. The van der Waals surface area contributed by atoms with Gasteiger partial charge in [0.15, 0.2) is 0 Å². The van der Waals surface area contributed by atoms with Crippen molar-refractivity contribution in [3.63, 3.8) is 0 Å². The van der Waals surface area contributed by atoms with E-state index >= 15 is 0 Å². The van der Waals surface area contributed by atoms with E-state index in [-0.39, 0.29) is 11.3 Å². The van der Waals surface area contributed by atoms with E-state index in [0.717, 1.165) is 31.2 Å². The molecule has 21 heavy (non-hydrogen) atoms. The van der Waals surface area contributed by atoms with Crippen LogP contribution >= 0.6 is 0 Å². The number of rotatable bonds is 6. The molecule has 2 aromatic rings. The van der Waals surface area contributed by atoms with Gasteiger partial charge >= 0.3 is 5.97 Å². The molecule has 112 valence electrons. The number of nitrogens with zero attached hydrogens (tertiary/aromatic N) is 1. The molecule has 2 rings (SSSR count). The average molecular weight is 287 g/mol. The summed E-state index contributed by atoms with van der Waals surface area (Å²) in [4.78, 5) is 24.0. The third-order valence-electron chi connectivity index (χ3n) is 3.72. The van der Waals surface area contributed by atoms with Gasteiger partial charge in [-0.3, -0.25) is 4.79 Å². The van der Waals surface area contributed by atoms with Crippen molar-refractivity contribution < 1.29 is 9.90 Å². The predicted octanol–water partition coefficient (Wildman–Crippen LogP) is 3.59. The largest absolute Gasteiger partial charge is 0.477 e. The summed E-state index contributed by atoms with van der Waals surface area (Å²) >= 11 is 0. The van der Waals surface area contributed by atoms with Crippen LogP contribution in [0.1, 0.15) is 48.7 Å². The fourth-order valence-electron chi connectivity index (χ4n) is 2.57. The highest BCUT2D eigenvalue weighted by Gasteiger charge is 2.14. The van der Waals surface area contributed by atoms with E-state index < -0.39 is 5.97 Å². The first-order chi connectivity index (χ1) is 10.0. The van der Waals surface area contributed by atoms with E-state index in [2.05, 4.69) is 6.92 Å². The molecule has 0 radical (unpaired) electrons. The first-order valence-electron chi connectivity index (χ1n) is 7.42. The second-order valence-electron chi connectivity index (χ2n) is 5.44. The first kappa shape index (κ1) is 15.3. The third-order valence-corrected chi connectivity index (χ3v) is 3.72. The number of aryl methyl sites for hydroxylation is 1. The van der Waals surface area contributed by atoms with E-state index in [1.807, 2.05) is 19.1 Å². The topological polar surface area (TPSA) is 59.3 Å². The van der Waals surface area contributed by atoms with Crippen molar-refractivity contribution in [2.45, 2.75) is 46.1 Å². The van der Waals surface area contributed by atoms with Crippen LogP contribution in [0.15, 0.2) is 29.1 Å². The quantitative estimate of drug-likeness (QED) is 0.826. The highest BCUT2D eigenvalue weighted by molar-refractivity contribution is 5.92. The number of unbranched alkanes of at least 4 members (excludes halogenated alkanes) is 3. The van der Waals surface area contributed by atoms with Gasteiger partial charge in [0, 0.05) is 11.9 Å². The Bertz CT molecular complexity index is 716. The molecule has 1 N–H and O–H groups in total. The molecule has 1 aromatic carbocycles. The Morgan fingerprint density at radius 2 is 1.95 bits per heavy atom.